The standard InChI is InChI=1S/C15H16N2O3S2/c1-15(2,9-7-5-4-6-8-9)17-12(18)10-11(13(19)20)22-14(16-10)21-3/h4-8H,1-3H3,(H,17,18)(H,19,20). The van der Waals surface area contributed by atoms with Crippen molar-refractivity contribution in [3.05, 3.63) is 46.5 Å². The lowest BCUT2D eigenvalue weighted by molar-refractivity contribution is 0.0694. The van der Waals surface area contributed by atoms with Crippen LogP contribution in [0.15, 0.2) is 34.7 Å². The molecule has 1 aromatic carbocycles. The fraction of sp³-hybridized carbons (Fsp3) is 0.267. The molecule has 0 fully saturated rings. The summed E-state index contributed by atoms with van der Waals surface area (Å²) in [5.41, 5.74) is 0.267. The fourth-order valence-corrected chi connectivity index (χ4v) is 3.36. The number of nitrogens with zero attached hydrogens (tertiary/aromatic N) is 1. The second kappa shape index (κ2) is 6.50. The molecule has 2 aromatic rings. The fourth-order valence-electron chi connectivity index (χ4n) is 1.96. The van der Waals surface area contributed by atoms with Crippen molar-refractivity contribution in [2.75, 3.05) is 6.26 Å². The lowest BCUT2D eigenvalue weighted by Gasteiger charge is -2.26. The summed E-state index contributed by atoms with van der Waals surface area (Å²) in [6.45, 7) is 3.73. The molecule has 7 heteroatoms. The molecule has 2 N–H and O–H groups in total. The first kappa shape index (κ1) is 16.5. The molecule has 0 bridgehead atoms. The number of carbonyl (C=O) groups is 2. The van der Waals surface area contributed by atoms with E-state index in [9.17, 15) is 14.7 Å². The van der Waals surface area contributed by atoms with E-state index in [1.54, 1.807) is 6.26 Å². The Hall–Kier alpha value is -1.86. The molecule has 0 unspecified atom stereocenters. The van der Waals surface area contributed by atoms with Gasteiger partial charge in [0, 0.05) is 0 Å². The molecule has 0 aliphatic carbocycles. The van der Waals surface area contributed by atoms with E-state index in [2.05, 4.69) is 10.3 Å². The van der Waals surface area contributed by atoms with Crippen molar-refractivity contribution in [3.63, 3.8) is 0 Å². The highest BCUT2D eigenvalue weighted by Gasteiger charge is 2.28. The minimum absolute atomic E-state index is 0.0362. The molecule has 0 saturated carbocycles. The normalized spacial score (nSPS) is 11.2. The van der Waals surface area contributed by atoms with Crippen LogP contribution >= 0.6 is 23.1 Å². The Morgan fingerprint density at radius 3 is 2.45 bits per heavy atom. The highest BCUT2D eigenvalue weighted by Crippen LogP contribution is 2.27. The van der Waals surface area contributed by atoms with Gasteiger partial charge in [-0.3, -0.25) is 4.79 Å². The molecule has 0 aliphatic rings. The summed E-state index contributed by atoms with van der Waals surface area (Å²) in [5, 5.41) is 12.1. The van der Waals surface area contributed by atoms with Crippen LogP contribution in [0.3, 0.4) is 0 Å². The highest BCUT2D eigenvalue weighted by atomic mass is 32.2. The summed E-state index contributed by atoms with van der Waals surface area (Å²) in [6.07, 6.45) is 1.79. The first-order chi connectivity index (χ1) is 10.3. The Bertz CT molecular complexity index is 696. The van der Waals surface area contributed by atoms with E-state index < -0.39 is 17.4 Å². The first-order valence-electron chi connectivity index (χ1n) is 6.51. The molecule has 1 heterocycles. The van der Waals surface area contributed by atoms with Crippen molar-refractivity contribution < 1.29 is 14.7 Å². The second-order valence-corrected chi connectivity index (χ2v) is 7.16. The SMILES string of the molecule is CSc1nc(C(=O)NC(C)(C)c2ccccc2)c(C(=O)O)s1. The van der Waals surface area contributed by atoms with Gasteiger partial charge in [0.25, 0.3) is 5.91 Å². The predicted octanol–water partition coefficient (Wildman–Crippen LogP) is 3.23. The Balaban J connectivity index is 2.29. The lowest BCUT2D eigenvalue weighted by atomic mass is 9.94. The molecule has 1 aromatic heterocycles. The number of nitrogens with one attached hydrogen (secondary N) is 1. The molecule has 0 aliphatic heterocycles. The molecule has 116 valence electrons. The number of aromatic carboxylic acids is 1. The third-order valence-corrected chi connectivity index (χ3v) is 5.14. The van der Waals surface area contributed by atoms with Gasteiger partial charge in [0.05, 0.1) is 5.54 Å². The number of thiazole rings is 1. The van der Waals surface area contributed by atoms with E-state index >= 15 is 0 Å². The van der Waals surface area contributed by atoms with E-state index in [0.717, 1.165) is 16.9 Å². The summed E-state index contributed by atoms with van der Waals surface area (Å²) in [4.78, 5) is 27.8. The molecular formula is C15H16N2O3S2. The van der Waals surface area contributed by atoms with Gasteiger partial charge in [-0.15, -0.1) is 0 Å². The average molecular weight is 336 g/mol. The van der Waals surface area contributed by atoms with Crippen LogP contribution in [0.1, 0.15) is 39.6 Å². The Morgan fingerprint density at radius 1 is 1.27 bits per heavy atom. The lowest BCUT2D eigenvalue weighted by Crippen LogP contribution is -2.41. The van der Waals surface area contributed by atoms with Gasteiger partial charge in [0.1, 0.15) is 4.88 Å². The number of carbonyl (C=O) groups excluding carboxylic acids is 1. The van der Waals surface area contributed by atoms with Gasteiger partial charge in [-0.05, 0) is 25.7 Å². The number of benzene rings is 1. The molecular weight excluding hydrogens is 320 g/mol. The van der Waals surface area contributed by atoms with Crippen LogP contribution in [0.4, 0.5) is 0 Å². The largest absolute Gasteiger partial charge is 0.477 e. The minimum atomic E-state index is -1.14. The molecule has 0 saturated heterocycles. The van der Waals surface area contributed by atoms with Crippen LogP contribution in [-0.4, -0.2) is 28.2 Å². The quantitative estimate of drug-likeness (QED) is 0.820. The van der Waals surface area contributed by atoms with Crippen molar-refractivity contribution in [1.29, 1.82) is 0 Å². The van der Waals surface area contributed by atoms with Gasteiger partial charge in [-0.25, -0.2) is 9.78 Å². The average Bonchev–Trinajstić information content (AvgIpc) is 2.92. The highest BCUT2D eigenvalue weighted by molar-refractivity contribution is 8.00. The zero-order chi connectivity index (χ0) is 16.3. The van der Waals surface area contributed by atoms with E-state index in [1.165, 1.54) is 11.8 Å². The Morgan fingerprint density at radius 2 is 1.91 bits per heavy atom. The number of aromatic nitrogens is 1. The van der Waals surface area contributed by atoms with Gasteiger partial charge in [0.15, 0.2) is 10.0 Å². The van der Waals surface area contributed by atoms with Crippen LogP contribution in [-0.2, 0) is 5.54 Å². The maximum absolute atomic E-state index is 12.4. The Labute approximate surface area is 136 Å². The van der Waals surface area contributed by atoms with E-state index in [4.69, 9.17) is 0 Å². The number of hydrogen-bond acceptors (Lipinski definition) is 5. The maximum Gasteiger partial charge on any atom is 0.348 e. The molecule has 0 radical (unpaired) electrons. The predicted molar refractivity (Wildman–Crippen MR) is 87.8 cm³/mol. The van der Waals surface area contributed by atoms with Crippen LogP contribution in [0.2, 0.25) is 0 Å². The van der Waals surface area contributed by atoms with E-state index in [0.29, 0.717) is 4.34 Å². The topological polar surface area (TPSA) is 79.3 Å². The second-order valence-electron chi connectivity index (χ2n) is 5.11. The van der Waals surface area contributed by atoms with Gasteiger partial charge in [0.2, 0.25) is 0 Å². The number of amides is 1. The third-order valence-electron chi connectivity index (χ3n) is 3.11. The summed E-state index contributed by atoms with van der Waals surface area (Å²) in [5.74, 6) is -1.62. The minimum Gasteiger partial charge on any atom is -0.477 e. The van der Waals surface area contributed by atoms with Crippen LogP contribution in [0.25, 0.3) is 0 Å². The number of hydrogen-bond donors (Lipinski definition) is 2. The number of carboxylic acid groups (broad SMARTS) is 1. The number of carboxylic acids is 1. The van der Waals surface area contributed by atoms with Crippen molar-refractivity contribution >= 4 is 35.0 Å². The smallest absolute Gasteiger partial charge is 0.348 e. The van der Waals surface area contributed by atoms with Crippen molar-refractivity contribution in [2.45, 2.75) is 23.7 Å². The molecule has 1 amide bonds. The maximum atomic E-state index is 12.4. The zero-order valence-corrected chi connectivity index (χ0v) is 14.0. The van der Waals surface area contributed by atoms with Crippen LogP contribution < -0.4 is 5.32 Å². The number of thioether (sulfide) groups is 1. The third kappa shape index (κ3) is 3.48. The zero-order valence-electron chi connectivity index (χ0n) is 12.4. The van der Waals surface area contributed by atoms with E-state index in [1.807, 2.05) is 44.2 Å². The summed E-state index contributed by atoms with van der Waals surface area (Å²) in [7, 11) is 0. The van der Waals surface area contributed by atoms with Crippen LogP contribution in [0.5, 0.6) is 0 Å². The van der Waals surface area contributed by atoms with Crippen molar-refractivity contribution in [1.82, 2.24) is 10.3 Å². The van der Waals surface area contributed by atoms with Crippen LogP contribution in [0, 0.1) is 0 Å². The first-order valence-corrected chi connectivity index (χ1v) is 8.55. The van der Waals surface area contributed by atoms with Gasteiger partial charge in [-0.1, -0.05) is 53.4 Å². The molecule has 0 atom stereocenters. The van der Waals surface area contributed by atoms with Gasteiger partial charge in [-0.2, -0.15) is 0 Å². The molecule has 5 nitrogen and oxygen atoms in total. The van der Waals surface area contributed by atoms with Gasteiger partial charge < -0.3 is 10.4 Å². The summed E-state index contributed by atoms with van der Waals surface area (Å²) in [6, 6.07) is 9.50. The summed E-state index contributed by atoms with van der Waals surface area (Å²) >= 11 is 2.33. The van der Waals surface area contributed by atoms with E-state index in [-0.39, 0.29) is 10.6 Å². The van der Waals surface area contributed by atoms with Crippen molar-refractivity contribution in [3.8, 4) is 0 Å². The van der Waals surface area contributed by atoms with Crippen molar-refractivity contribution in [2.24, 2.45) is 0 Å². The summed E-state index contributed by atoms with van der Waals surface area (Å²) < 4.78 is 0.556. The molecule has 2 rings (SSSR count). The molecule has 0 spiro atoms. The van der Waals surface area contributed by atoms with Gasteiger partial charge >= 0.3 is 5.97 Å². The Kier molecular flexibility index (Phi) is 4.87. The number of rotatable bonds is 5. The monoisotopic (exact) mass is 336 g/mol. The molecule has 22 heavy (non-hydrogen) atoms.